The van der Waals surface area contributed by atoms with E-state index in [9.17, 15) is 9.59 Å². The number of hydrogen-bond donors (Lipinski definition) is 2. The van der Waals surface area contributed by atoms with E-state index in [1.54, 1.807) is 30.3 Å². The molecule has 1 aromatic heterocycles. The molecule has 1 heterocycles. The molecule has 0 aliphatic rings. The third-order valence-electron chi connectivity index (χ3n) is 5.04. The zero-order valence-electron chi connectivity index (χ0n) is 16.1. The summed E-state index contributed by atoms with van der Waals surface area (Å²) in [5.41, 5.74) is 10.0. The van der Waals surface area contributed by atoms with E-state index < -0.39 is 17.6 Å². The second-order valence-electron chi connectivity index (χ2n) is 6.78. The Morgan fingerprint density at radius 2 is 1.93 bits per heavy atom. The van der Waals surface area contributed by atoms with Gasteiger partial charge in [0.05, 0.1) is 17.6 Å². The minimum absolute atomic E-state index is 0.0925. The Bertz CT molecular complexity index is 1110. The van der Waals surface area contributed by atoms with Crippen molar-refractivity contribution in [3.63, 3.8) is 0 Å². The highest BCUT2D eigenvalue weighted by Gasteiger charge is 2.20. The number of rotatable bonds is 5. The monoisotopic (exact) mass is 379 g/mol. The number of nitrogens with two attached hydrogens (primary N) is 1. The first-order valence-corrected chi connectivity index (χ1v) is 8.84. The highest BCUT2D eigenvalue weighted by Crippen LogP contribution is 2.38. The average Bonchev–Trinajstić information content (AvgIpc) is 2.96. The summed E-state index contributed by atoms with van der Waals surface area (Å²) < 4.78 is 15.4. The van der Waals surface area contributed by atoms with E-state index in [4.69, 9.17) is 5.73 Å². The third kappa shape index (κ3) is 3.17. The van der Waals surface area contributed by atoms with Crippen molar-refractivity contribution >= 4 is 28.4 Å². The second kappa shape index (κ2) is 7.31. The number of H-pyrrole nitrogens is 1. The number of primary amides is 1. The van der Waals surface area contributed by atoms with E-state index >= 15 is 4.39 Å². The summed E-state index contributed by atoms with van der Waals surface area (Å²) in [6, 6.07) is 8.50. The largest absolute Gasteiger partial charge is 0.369 e. The van der Waals surface area contributed by atoms with E-state index in [1.807, 2.05) is 13.8 Å². The Kier molecular flexibility index (Phi) is 5.05. The number of likely N-dealkylation sites (N-methyl/N-ethyl adjacent to an activating group) is 1. The SMILES string of the molecule is C=CC(=O)N(C)c1cccc(-c2ccc(CC(N)=O)c3[nH]c(C)c(C)c23)c1F. The lowest BCUT2D eigenvalue weighted by Crippen LogP contribution is -2.24. The molecular formula is C22H22FN3O2. The Labute approximate surface area is 162 Å². The summed E-state index contributed by atoms with van der Waals surface area (Å²) in [6.07, 6.45) is 1.23. The smallest absolute Gasteiger partial charge is 0.250 e. The van der Waals surface area contributed by atoms with Crippen LogP contribution in [-0.2, 0) is 16.0 Å². The number of carbonyl (C=O) groups is 2. The van der Waals surface area contributed by atoms with Gasteiger partial charge in [-0.3, -0.25) is 9.59 Å². The van der Waals surface area contributed by atoms with Crippen LogP contribution in [-0.4, -0.2) is 23.8 Å². The molecule has 0 spiro atoms. The van der Waals surface area contributed by atoms with Crippen molar-refractivity contribution in [2.45, 2.75) is 20.3 Å². The minimum atomic E-state index is -0.498. The topological polar surface area (TPSA) is 79.2 Å². The molecule has 0 atom stereocenters. The highest BCUT2D eigenvalue weighted by molar-refractivity contribution is 6.04. The van der Waals surface area contributed by atoms with E-state index in [0.29, 0.717) is 11.1 Å². The van der Waals surface area contributed by atoms with Gasteiger partial charge < -0.3 is 15.6 Å². The minimum Gasteiger partial charge on any atom is -0.369 e. The van der Waals surface area contributed by atoms with Crippen molar-refractivity contribution in [2.24, 2.45) is 5.73 Å². The van der Waals surface area contributed by atoms with Crippen molar-refractivity contribution in [3.05, 3.63) is 65.6 Å². The van der Waals surface area contributed by atoms with Crippen molar-refractivity contribution in [1.29, 1.82) is 0 Å². The van der Waals surface area contributed by atoms with Crippen molar-refractivity contribution in [1.82, 2.24) is 4.98 Å². The van der Waals surface area contributed by atoms with Gasteiger partial charge in [0, 0.05) is 23.7 Å². The predicted molar refractivity (Wildman–Crippen MR) is 110 cm³/mol. The number of aryl methyl sites for hydroxylation is 2. The molecule has 0 fully saturated rings. The fourth-order valence-corrected chi connectivity index (χ4v) is 3.45. The number of nitrogens with zero attached hydrogens (tertiary/aromatic N) is 1. The van der Waals surface area contributed by atoms with Crippen molar-refractivity contribution < 1.29 is 14.0 Å². The summed E-state index contributed by atoms with van der Waals surface area (Å²) in [5, 5.41) is 0.838. The van der Waals surface area contributed by atoms with E-state index in [2.05, 4.69) is 11.6 Å². The van der Waals surface area contributed by atoms with Gasteiger partial charge in [-0.05, 0) is 42.7 Å². The lowest BCUT2D eigenvalue weighted by Gasteiger charge is -2.18. The molecule has 0 saturated carbocycles. The first-order valence-electron chi connectivity index (χ1n) is 8.84. The first-order chi connectivity index (χ1) is 13.3. The van der Waals surface area contributed by atoms with Crippen LogP contribution < -0.4 is 10.6 Å². The van der Waals surface area contributed by atoms with Crippen LogP contribution in [0.1, 0.15) is 16.8 Å². The second-order valence-corrected chi connectivity index (χ2v) is 6.78. The summed E-state index contributed by atoms with van der Waals surface area (Å²) in [4.78, 5) is 27.9. The van der Waals surface area contributed by atoms with E-state index in [0.717, 1.165) is 33.8 Å². The van der Waals surface area contributed by atoms with Gasteiger partial charge in [0.1, 0.15) is 0 Å². The molecule has 0 unspecified atom stereocenters. The quantitative estimate of drug-likeness (QED) is 0.662. The van der Waals surface area contributed by atoms with Crippen molar-refractivity contribution in [2.75, 3.05) is 11.9 Å². The molecule has 28 heavy (non-hydrogen) atoms. The van der Waals surface area contributed by atoms with Gasteiger partial charge in [0.25, 0.3) is 0 Å². The Balaban J connectivity index is 2.27. The van der Waals surface area contributed by atoms with Crippen molar-refractivity contribution in [3.8, 4) is 11.1 Å². The number of amides is 2. The molecular weight excluding hydrogens is 357 g/mol. The van der Waals surface area contributed by atoms with Crippen LogP contribution in [0, 0.1) is 19.7 Å². The molecule has 3 N–H and O–H groups in total. The third-order valence-corrected chi connectivity index (χ3v) is 5.04. The van der Waals surface area contributed by atoms with Gasteiger partial charge in [-0.25, -0.2) is 4.39 Å². The van der Waals surface area contributed by atoms with Gasteiger partial charge in [-0.2, -0.15) is 0 Å². The van der Waals surface area contributed by atoms with Crippen LogP contribution in [0.2, 0.25) is 0 Å². The number of hydrogen-bond acceptors (Lipinski definition) is 2. The van der Waals surface area contributed by atoms with Crippen LogP contribution >= 0.6 is 0 Å². The fraction of sp³-hybridized carbons (Fsp3) is 0.182. The van der Waals surface area contributed by atoms with Gasteiger partial charge in [0.2, 0.25) is 11.8 Å². The number of aromatic nitrogens is 1. The molecule has 0 aliphatic heterocycles. The highest BCUT2D eigenvalue weighted by atomic mass is 19.1. The maximum atomic E-state index is 15.4. The molecule has 3 rings (SSSR count). The molecule has 0 aliphatic carbocycles. The first kappa shape index (κ1) is 19.4. The fourth-order valence-electron chi connectivity index (χ4n) is 3.45. The molecule has 6 heteroatoms. The molecule has 0 radical (unpaired) electrons. The van der Waals surface area contributed by atoms with Crippen LogP contribution in [0.4, 0.5) is 10.1 Å². The van der Waals surface area contributed by atoms with E-state index in [1.165, 1.54) is 11.9 Å². The normalized spacial score (nSPS) is 10.9. The Morgan fingerprint density at radius 3 is 2.57 bits per heavy atom. The van der Waals surface area contributed by atoms with Gasteiger partial charge >= 0.3 is 0 Å². The van der Waals surface area contributed by atoms with Crippen LogP contribution in [0.3, 0.4) is 0 Å². The maximum absolute atomic E-state index is 15.4. The molecule has 5 nitrogen and oxygen atoms in total. The zero-order valence-corrected chi connectivity index (χ0v) is 16.1. The standard InChI is InChI=1S/C22H22FN3O2/c1-5-19(28)26(4)17-8-6-7-16(21(17)23)15-10-9-14(11-18(24)27)22-20(15)12(2)13(3)25-22/h5-10,25H,1,11H2,2-4H3,(H2,24,27). The summed E-state index contributed by atoms with van der Waals surface area (Å²) in [5.74, 6) is -1.33. The number of anilines is 1. The summed E-state index contributed by atoms with van der Waals surface area (Å²) >= 11 is 0. The molecule has 3 aromatic rings. The Hall–Kier alpha value is -3.41. The lowest BCUT2D eigenvalue weighted by molar-refractivity contribution is -0.117. The molecule has 144 valence electrons. The molecule has 2 aromatic carbocycles. The number of aromatic amines is 1. The molecule has 0 saturated heterocycles. The number of carbonyl (C=O) groups excluding carboxylic acids is 2. The van der Waals surface area contributed by atoms with Gasteiger partial charge in [-0.15, -0.1) is 0 Å². The predicted octanol–water partition coefficient (Wildman–Crippen LogP) is 3.77. The number of halogens is 1. The number of nitrogens with one attached hydrogen (secondary N) is 1. The molecule has 0 bridgehead atoms. The molecule has 2 amide bonds. The van der Waals surface area contributed by atoms with Crippen LogP contribution in [0.15, 0.2) is 43.0 Å². The van der Waals surface area contributed by atoms with Gasteiger partial charge in [0.15, 0.2) is 5.82 Å². The number of benzene rings is 2. The Morgan fingerprint density at radius 1 is 1.21 bits per heavy atom. The van der Waals surface area contributed by atoms with E-state index in [-0.39, 0.29) is 12.1 Å². The average molecular weight is 379 g/mol. The lowest BCUT2D eigenvalue weighted by atomic mass is 9.95. The van der Waals surface area contributed by atoms with Crippen LogP contribution in [0.25, 0.3) is 22.0 Å². The number of fused-ring (bicyclic) bond motifs is 1. The summed E-state index contributed by atoms with van der Waals surface area (Å²) in [6.45, 7) is 7.32. The zero-order chi connectivity index (χ0) is 20.6. The van der Waals surface area contributed by atoms with Gasteiger partial charge in [-0.1, -0.05) is 30.8 Å². The maximum Gasteiger partial charge on any atom is 0.250 e. The summed E-state index contributed by atoms with van der Waals surface area (Å²) in [7, 11) is 1.50. The van der Waals surface area contributed by atoms with Crippen LogP contribution in [0.5, 0.6) is 0 Å².